The van der Waals surface area contributed by atoms with Crippen LogP contribution in [0.15, 0.2) is 17.3 Å². The summed E-state index contributed by atoms with van der Waals surface area (Å²) in [6.07, 6.45) is -2.91. The number of hydrogen-bond acceptors (Lipinski definition) is 4. The second-order valence-corrected chi connectivity index (χ2v) is 7.72. The maximum absolute atomic E-state index is 12.8. The summed E-state index contributed by atoms with van der Waals surface area (Å²) in [7, 11) is 0. The molecular formula is C19H28ClF3N6O. The fraction of sp³-hybridized carbons (Fsp3) is 0.632. The first-order valence-corrected chi connectivity index (χ1v) is 10.3. The predicted molar refractivity (Wildman–Crippen MR) is 112 cm³/mol. The quantitative estimate of drug-likeness (QED) is 0.339. The molecule has 1 amide bonds. The average molecular weight is 449 g/mol. The van der Waals surface area contributed by atoms with Gasteiger partial charge in [-0.05, 0) is 19.4 Å². The van der Waals surface area contributed by atoms with Gasteiger partial charge in [-0.15, -0.1) is 0 Å². The molecule has 11 heteroatoms. The van der Waals surface area contributed by atoms with E-state index in [2.05, 4.69) is 25.9 Å². The van der Waals surface area contributed by atoms with Crippen LogP contribution in [0.4, 0.5) is 19.0 Å². The van der Waals surface area contributed by atoms with Crippen LogP contribution in [-0.2, 0) is 11.0 Å². The van der Waals surface area contributed by atoms with Gasteiger partial charge in [-0.3, -0.25) is 9.79 Å². The summed E-state index contributed by atoms with van der Waals surface area (Å²) in [6, 6.07) is 0.940. The van der Waals surface area contributed by atoms with Gasteiger partial charge < -0.3 is 20.9 Å². The van der Waals surface area contributed by atoms with Gasteiger partial charge in [0.25, 0.3) is 0 Å². The fourth-order valence-electron chi connectivity index (χ4n) is 2.95. The van der Waals surface area contributed by atoms with Crippen LogP contribution in [0.5, 0.6) is 0 Å². The van der Waals surface area contributed by atoms with Crippen molar-refractivity contribution in [2.24, 2.45) is 10.9 Å². The smallest absolute Gasteiger partial charge is 0.357 e. The summed E-state index contributed by atoms with van der Waals surface area (Å²) < 4.78 is 38.4. The number of aromatic nitrogens is 1. The molecule has 0 saturated carbocycles. The van der Waals surface area contributed by atoms with Gasteiger partial charge >= 0.3 is 6.18 Å². The van der Waals surface area contributed by atoms with Crippen molar-refractivity contribution < 1.29 is 18.0 Å². The van der Waals surface area contributed by atoms with Crippen molar-refractivity contribution in [3.63, 3.8) is 0 Å². The standard InChI is InChI=1S/C19H28ClF3N6O/c1-4-24-18(26-7-6-25-17(30)12(2)3)28-14-5-8-29(11-14)16-15(20)9-13(10-27-16)19(21,22)23/h9-10,12,14H,4-8,11H2,1-3H3,(H,25,30)(H2,24,26,28). The Balaban J connectivity index is 1.93. The van der Waals surface area contributed by atoms with Crippen LogP contribution in [0.1, 0.15) is 32.8 Å². The maximum atomic E-state index is 12.8. The molecule has 2 rings (SSSR count). The van der Waals surface area contributed by atoms with E-state index in [1.165, 1.54) is 0 Å². The van der Waals surface area contributed by atoms with E-state index in [1.54, 1.807) is 0 Å². The first-order chi connectivity index (χ1) is 14.1. The number of aliphatic imine (C=N–C) groups is 1. The minimum atomic E-state index is -4.48. The van der Waals surface area contributed by atoms with Crippen LogP contribution in [0.2, 0.25) is 5.02 Å². The van der Waals surface area contributed by atoms with Crippen molar-refractivity contribution in [1.82, 2.24) is 20.9 Å². The number of guanidine groups is 1. The summed E-state index contributed by atoms with van der Waals surface area (Å²) in [4.78, 5) is 21.8. The van der Waals surface area contributed by atoms with Crippen LogP contribution in [0.25, 0.3) is 0 Å². The molecule has 30 heavy (non-hydrogen) atoms. The second-order valence-electron chi connectivity index (χ2n) is 7.31. The van der Waals surface area contributed by atoms with E-state index in [9.17, 15) is 18.0 Å². The zero-order valence-electron chi connectivity index (χ0n) is 17.3. The number of amides is 1. The summed E-state index contributed by atoms with van der Waals surface area (Å²) in [5.41, 5.74) is -0.865. The van der Waals surface area contributed by atoms with Crippen LogP contribution >= 0.6 is 11.6 Å². The molecule has 1 unspecified atom stereocenters. The molecule has 0 aliphatic carbocycles. The first kappa shape index (κ1) is 24.0. The Kier molecular flexibility index (Phi) is 8.57. The molecule has 7 nitrogen and oxygen atoms in total. The lowest BCUT2D eigenvalue weighted by Gasteiger charge is -2.21. The molecule has 1 saturated heterocycles. The number of carbonyl (C=O) groups excluding carboxylic acids is 1. The van der Waals surface area contributed by atoms with Crippen LogP contribution in [0.3, 0.4) is 0 Å². The van der Waals surface area contributed by atoms with Crippen molar-refractivity contribution in [1.29, 1.82) is 0 Å². The molecule has 1 aliphatic heterocycles. The van der Waals surface area contributed by atoms with Crippen molar-refractivity contribution in [2.75, 3.05) is 37.6 Å². The largest absolute Gasteiger partial charge is 0.417 e. The third-order valence-electron chi connectivity index (χ3n) is 4.53. The number of pyridine rings is 1. The molecule has 1 aliphatic rings. The molecule has 0 aromatic carbocycles. The molecule has 168 valence electrons. The number of anilines is 1. The van der Waals surface area contributed by atoms with Gasteiger partial charge in [0.2, 0.25) is 5.91 Å². The summed E-state index contributed by atoms with van der Waals surface area (Å²) in [5.74, 6) is 0.868. The minimum Gasteiger partial charge on any atom is -0.357 e. The average Bonchev–Trinajstić information content (AvgIpc) is 3.12. The molecule has 2 heterocycles. The number of carbonyl (C=O) groups is 1. The van der Waals surface area contributed by atoms with E-state index in [-0.39, 0.29) is 22.9 Å². The molecule has 1 aromatic heterocycles. The van der Waals surface area contributed by atoms with E-state index in [0.29, 0.717) is 44.5 Å². The second kappa shape index (κ2) is 10.7. The highest BCUT2D eigenvalue weighted by Crippen LogP contribution is 2.34. The number of hydrogen-bond donors (Lipinski definition) is 3. The monoisotopic (exact) mass is 448 g/mol. The molecule has 3 N–H and O–H groups in total. The first-order valence-electron chi connectivity index (χ1n) is 9.92. The lowest BCUT2D eigenvalue weighted by Crippen LogP contribution is -2.45. The molecule has 0 spiro atoms. The zero-order valence-corrected chi connectivity index (χ0v) is 18.1. The van der Waals surface area contributed by atoms with Gasteiger partial charge in [0, 0.05) is 44.3 Å². The molecular weight excluding hydrogens is 421 g/mol. The van der Waals surface area contributed by atoms with E-state index in [1.807, 2.05) is 25.7 Å². The van der Waals surface area contributed by atoms with Crippen molar-refractivity contribution >= 4 is 29.3 Å². The molecule has 1 fully saturated rings. The Labute approximate surface area is 179 Å². The van der Waals surface area contributed by atoms with E-state index in [4.69, 9.17) is 11.6 Å². The van der Waals surface area contributed by atoms with Crippen LogP contribution in [0, 0.1) is 5.92 Å². The maximum Gasteiger partial charge on any atom is 0.417 e. The van der Waals surface area contributed by atoms with Crippen LogP contribution in [-0.4, -0.2) is 55.6 Å². The van der Waals surface area contributed by atoms with E-state index < -0.39 is 11.7 Å². The summed E-state index contributed by atoms with van der Waals surface area (Å²) >= 11 is 6.06. The summed E-state index contributed by atoms with van der Waals surface area (Å²) in [6.45, 7) is 8.29. The van der Waals surface area contributed by atoms with Gasteiger partial charge in [0.05, 0.1) is 17.1 Å². The molecule has 1 atom stereocenters. The van der Waals surface area contributed by atoms with Gasteiger partial charge in [-0.25, -0.2) is 4.98 Å². The number of nitrogens with one attached hydrogen (secondary N) is 3. The van der Waals surface area contributed by atoms with Gasteiger partial charge in [0.15, 0.2) is 5.96 Å². The fourth-order valence-corrected chi connectivity index (χ4v) is 3.24. The van der Waals surface area contributed by atoms with Crippen molar-refractivity contribution in [3.8, 4) is 0 Å². The predicted octanol–water partition coefficient (Wildman–Crippen LogP) is 2.66. The summed E-state index contributed by atoms with van der Waals surface area (Å²) in [5, 5.41) is 9.26. The number of nitrogens with zero attached hydrogens (tertiary/aromatic N) is 3. The highest BCUT2D eigenvalue weighted by Gasteiger charge is 2.33. The van der Waals surface area contributed by atoms with Gasteiger partial charge in [-0.2, -0.15) is 13.2 Å². The highest BCUT2D eigenvalue weighted by atomic mass is 35.5. The van der Waals surface area contributed by atoms with Crippen LogP contribution < -0.4 is 20.9 Å². The lowest BCUT2D eigenvalue weighted by atomic mass is 10.2. The Hall–Kier alpha value is -2.23. The molecule has 0 bridgehead atoms. The molecule has 0 radical (unpaired) electrons. The Morgan fingerprint density at radius 3 is 2.73 bits per heavy atom. The van der Waals surface area contributed by atoms with E-state index in [0.717, 1.165) is 18.7 Å². The van der Waals surface area contributed by atoms with Gasteiger partial charge in [-0.1, -0.05) is 25.4 Å². The van der Waals surface area contributed by atoms with E-state index >= 15 is 0 Å². The van der Waals surface area contributed by atoms with Crippen molar-refractivity contribution in [3.05, 3.63) is 22.8 Å². The third kappa shape index (κ3) is 6.93. The number of rotatable bonds is 7. The van der Waals surface area contributed by atoms with Gasteiger partial charge in [0.1, 0.15) is 5.82 Å². The lowest BCUT2D eigenvalue weighted by molar-refractivity contribution is -0.137. The third-order valence-corrected chi connectivity index (χ3v) is 4.81. The number of halogens is 4. The number of alkyl halides is 3. The minimum absolute atomic E-state index is 0.0180. The highest BCUT2D eigenvalue weighted by molar-refractivity contribution is 6.33. The van der Waals surface area contributed by atoms with Crippen molar-refractivity contribution in [2.45, 2.75) is 39.4 Å². The normalized spacial score (nSPS) is 17.4. The SMILES string of the molecule is CCNC(=NCCNC(=O)C(C)C)NC1CCN(c2ncc(C(F)(F)F)cc2Cl)C1. The Morgan fingerprint density at radius 2 is 2.13 bits per heavy atom. The Morgan fingerprint density at radius 1 is 1.40 bits per heavy atom. The molecule has 1 aromatic rings. The topological polar surface area (TPSA) is 81.6 Å². The Bertz CT molecular complexity index is 756. The zero-order chi connectivity index (χ0) is 22.3.